The average Bonchev–Trinajstić information content (AvgIpc) is 2.84. The second kappa shape index (κ2) is 9.61. The van der Waals surface area contributed by atoms with E-state index in [9.17, 15) is 0 Å². The van der Waals surface area contributed by atoms with E-state index in [0.29, 0.717) is 0 Å². The van der Waals surface area contributed by atoms with Crippen LogP contribution in [0.25, 0.3) is 43.1 Å². The van der Waals surface area contributed by atoms with Crippen molar-refractivity contribution in [2.75, 3.05) is 6.61 Å². The minimum absolute atomic E-state index is 0.810. The van der Waals surface area contributed by atoms with E-state index in [1.54, 1.807) is 0 Å². The fourth-order valence-electron chi connectivity index (χ4n) is 4.89. The molecular formula is C31H32O. The molecule has 0 aliphatic carbocycles. The Morgan fingerprint density at radius 1 is 0.500 bits per heavy atom. The largest absolute Gasteiger partial charge is 0.494 e. The van der Waals surface area contributed by atoms with Crippen molar-refractivity contribution >= 4 is 43.1 Å². The molecule has 1 heteroatoms. The maximum atomic E-state index is 6.07. The Labute approximate surface area is 191 Å². The van der Waals surface area contributed by atoms with Gasteiger partial charge in [-0.1, -0.05) is 100 Å². The van der Waals surface area contributed by atoms with E-state index < -0.39 is 0 Å². The molecular weight excluding hydrogens is 388 g/mol. The molecule has 162 valence electrons. The van der Waals surface area contributed by atoms with Gasteiger partial charge < -0.3 is 4.74 Å². The summed E-state index contributed by atoms with van der Waals surface area (Å²) in [4.78, 5) is 0. The Morgan fingerprint density at radius 2 is 1.12 bits per heavy atom. The van der Waals surface area contributed by atoms with Crippen molar-refractivity contribution in [2.45, 2.75) is 51.9 Å². The minimum Gasteiger partial charge on any atom is -0.494 e. The fraction of sp³-hybridized carbons (Fsp3) is 0.290. The lowest BCUT2D eigenvalue weighted by atomic mass is 9.95. The second-order valence-electron chi connectivity index (χ2n) is 9.00. The van der Waals surface area contributed by atoms with Gasteiger partial charge in [0.2, 0.25) is 0 Å². The summed E-state index contributed by atoms with van der Waals surface area (Å²) in [6.45, 7) is 3.08. The lowest BCUT2D eigenvalue weighted by Crippen LogP contribution is -1.97. The molecule has 0 spiro atoms. The normalized spacial score (nSPS) is 11.7. The van der Waals surface area contributed by atoms with Gasteiger partial charge in [0.1, 0.15) is 5.75 Å². The van der Waals surface area contributed by atoms with Crippen LogP contribution in [-0.2, 0) is 0 Å². The van der Waals surface area contributed by atoms with Crippen molar-refractivity contribution in [1.82, 2.24) is 0 Å². The number of fused-ring (bicyclic) bond motifs is 6. The molecule has 0 aliphatic heterocycles. The number of hydrogen-bond acceptors (Lipinski definition) is 1. The molecule has 32 heavy (non-hydrogen) atoms. The minimum atomic E-state index is 0.810. The smallest absolute Gasteiger partial charge is 0.119 e. The van der Waals surface area contributed by atoms with Crippen molar-refractivity contribution in [2.24, 2.45) is 0 Å². The van der Waals surface area contributed by atoms with Crippen LogP contribution in [0.3, 0.4) is 0 Å². The molecule has 0 N–H and O–H groups in total. The molecule has 5 aromatic rings. The van der Waals surface area contributed by atoms with Crippen LogP contribution in [-0.4, -0.2) is 6.61 Å². The van der Waals surface area contributed by atoms with E-state index in [1.807, 2.05) is 0 Å². The zero-order chi connectivity index (χ0) is 21.8. The third-order valence-electron chi connectivity index (χ3n) is 6.69. The van der Waals surface area contributed by atoms with Gasteiger partial charge in [-0.05, 0) is 73.8 Å². The molecule has 0 saturated carbocycles. The van der Waals surface area contributed by atoms with Gasteiger partial charge in [-0.15, -0.1) is 0 Å². The lowest BCUT2D eigenvalue weighted by Gasteiger charge is -2.11. The highest BCUT2D eigenvalue weighted by atomic mass is 16.5. The number of ether oxygens (including phenoxy) is 1. The van der Waals surface area contributed by atoms with Crippen molar-refractivity contribution in [3.8, 4) is 5.75 Å². The van der Waals surface area contributed by atoms with Gasteiger partial charge in [-0.25, -0.2) is 0 Å². The molecule has 0 atom stereocenters. The van der Waals surface area contributed by atoms with Crippen LogP contribution in [0.2, 0.25) is 0 Å². The Balaban J connectivity index is 1.36. The van der Waals surface area contributed by atoms with Gasteiger partial charge in [0.05, 0.1) is 6.61 Å². The van der Waals surface area contributed by atoms with E-state index in [4.69, 9.17) is 4.74 Å². The van der Waals surface area contributed by atoms with Gasteiger partial charge in [0.15, 0.2) is 0 Å². The predicted molar refractivity (Wildman–Crippen MR) is 140 cm³/mol. The Bertz CT molecular complexity index is 1370. The summed E-state index contributed by atoms with van der Waals surface area (Å²) >= 11 is 0. The molecule has 0 saturated heterocycles. The maximum Gasteiger partial charge on any atom is 0.119 e. The Kier molecular flexibility index (Phi) is 6.25. The fourth-order valence-corrected chi connectivity index (χ4v) is 4.89. The number of hydrogen-bond donors (Lipinski definition) is 0. The molecule has 1 nitrogen and oxygen atoms in total. The van der Waals surface area contributed by atoms with Crippen molar-refractivity contribution in [3.63, 3.8) is 0 Å². The number of unbranched alkanes of at least 4 members (excludes halogenated alkanes) is 6. The highest BCUT2D eigenvalue weighted by molar-refractivity contribution is 6.19. The molecule has 5 aromatic carbocycles. The van der Waals surface area contributed by atoms with Gasteiger partial charge in [-0.2, -0.15) is 0 Å². The molecule has 0 heterocycles. The van der Waals surface area contributed by atoms with E-state index >= 15 is 0 Å². The molecule has 5 rings (SSSR count). The average molecular weight is 421 g/mol. The van der Waals surface area contributed by atoms with Gasteiger partial charge in [-0.3, -0.25) is 0 Å². The second-order valence-corrected chi connectivity index (χ2v) is 9.00. The molecule has 0 amide bonds. The summed E-state index contributed by atoms with van der Waals surface area (Å²) < 4.78 is 6.07. The standard InChI is InChI=1S/C31H32O/c1-2-3-4-5-6-7-10-19-32-27-15-18-28-26(21-27)14-17-30-29(28)16-13-25-20-23-11-8-9-12-24(23)22-31(25)30/h8-9,11-18,20-22H,2-7,10,19H2,1H3. The Morgan fingerprint density at radius 3 is 1.91 bits per heavy atom. The Hall–Kier alpha value is -3.06. The SMILES string of the molecule is CCCCCCCCCOc1ccc2c(ccc3c4cc5ccccc5cc4ccc23)c1. The first kappa shape index (κ1) is 20.8. The van der Waals surface area contributed by atoms with Gasteiger partial charge >= 0.3 is 0 Å². The van der Waals surface area contributed by atoms with Crippen molar-refractivity contribution < 1.29 is 4.74 Å². The summed E-state index contributed by atoms with van der Waals surface area (Å²) in [5.74, 6) is 0.981. The predicted octanol–water partition coefficient (Wildman–Crippen LogP) is 9.43. The lowest BCUT2D eigenvalue weighted by molar-refractivity contribution is 0.304. The van der Waals surface area contributed by atoms with Gasteiger partial charge in [0.25, 0.3) is 0 Å². The van der Waals surface area contributed by atoms with Crippen molar-refractivity contribution in [1.29, 1.82) is 0 Å². The topological polar surface area (TPSA) is 9.23 Å². The van der Waals surface area contributed by atoms with Crippen LogP contribution >= 0.6 is 0 Å². The van der Waals surface area contributed by atoms with E-state index in [2.05, 4.69) is 85.8 Å². The van der Waals surface area contributed by atoms with Crippen molar-refractivity contribution in [3.05, 3.63) is 78.9 Å². The van der Waals surface area contributed by atoms with E-state index in [0.717, 1.165) is 18.8 Å². The van der Waals surface area contributed by atoms with Crippen LogP contribution < -0.4 is 4.74 Å². The third-order valence-corrected chi connectivity index (χ3v) is 6.69. The highest BCUT2D eigenvalue weighted by Crippen LogP contribution is 2.34. The van der Waals surface area contributed by atoms with Crippen LogP contribution in [0, 0.1) is 0 Å². The van der Waals surface area contributed by atoms with Crippen LogP contribution in [0.1, 0.15) is 51.9 Å². The summed E-state index contributed by atoms with van der Waals surface area (Å²) in [5, 5.41) is 10.4. The zero-order valence-corrected chi connectivity index (χ0v) is 19.1. The number of rotatable bonds is 9. The quantitative estimate of drug-likeness (QED) is 0.131. The molecule has 0 bridgehead atoms. The van der Waals surface area contributed by atoms with E-state index in [-0.39, 0.29) is 0 Å². The third kappa shape index (κ3) is 4.30. The molecule has 0 aromatic heterocycles. The molecule has 0 aliphatic rings. The first-order valence-corrected chi connectivity index (χ1v) is 12.2. The van der Waals surface area contributed by atoms with Gasteiger partial charge in [0, 0.05) is 0 Å². The summed E-state index contributed by atoms with van der Waals surface area (Å²) in [7, 11) is 0. The first-order valence-electron chi connectivity index (χ1n) is 12.2. The highest BCUT2D eigenvalue weighted by Gasteiger charge is 2.07. The molecule has 0 radical (unpaired) electrons. The summed E-state index contributed by atoms with van der Waals surface area (Å²) in [6, 6.07) is 28.8. The summed E-state index contributed by atoms with van der Waals surface area (Å²) in [5.41, 5.74) is 0. The maximum absolute atomic E-state index is 6.07. The first-order chi connectivity index (χ1) is 15.8. The monoisotopic (exact) mass is 420 g/mol. The summed E-state index contributed by atoms with van der Waals surface area (Å²) in [6.07, 6.45) is 9.16. The van der Waals surface area contributed by atoms with Crippen LogP contribution in [0.4, 0.5) is 0 Å². The van der Waals surface area contributed by atoms with Crippen LogP contribution in [0.5, 0.6) is 5.75 Å². The number of benzene rings is 5. The van der Waals surface area contributed by atoms with Crippen LogP contribution in [0.15, 0.2) is 78.9 Å². The molecule has 0 unspecified atom stereocenters. The van der Waals surface area contributed by atoms with E-state index in [1.165, 1.54) is 81.6 Å². The zero-order valence-electron chi connectivity index (χ0n) is 19.1. The molecule has 0 fully saturated rings.